The molecule has 0 saturated carbocycles. The van der Waals surface area contributed by atoms with Gasteiger partial charge in [0.05, 0.1) is 0 Å². The van der Waals surface area contributed by atoms with Gasteiger partial charge < -0.3 is 15.5 Å². The SMILES string of the molecule is CC(=O)c1ccc(C(=O)NCCNc2nc(C)cc(N(C)C)n2)cc1. The molecule has 0 aliphatic carbocycles. The van der Waals surface area contributed by atoms with Crippen LogP contribution in [-0.4, -0.2) is 48.8 Å². The summed E-state index contributed by atoms with van der Waals surface area (Å²) in [5.41, 5.74) is 1.98. The zero-order valence-electron chi connectivity index (χ0n) is 15.0. The van der Waals surface area contributed by atoms with Gasteiger partial charge in [0.2, 0.25) is 5.95 Å². The first-order chi connectivity index (χ1) is 11.9. The molecule has 1 heterocycles. The van der Waals surface area contributed by atoms with E-state index in [4.69, 9.17) is 0 Å². The number of anilines is 2. The van der Waals surface area contributed by atoms with Crippen LogP contribution in [0, 0.1) is 6.92 Å². The molecule has 1 aromatic carbocycles. The lowest BCUT2D eigenvalue weighted by Crippen LogP contribution is -2.29. The van der Waals surface area contributed by atoms with E-state index in [0.717, 1.165) is 11.5 Å². The summed E-state index contributed by atoms with van der Waals surface area (Å²) in [6, 6.07) is 8.49. The van der Waals surface area contributed by atoms with Crippen LogP contribution in [0.2, 0.25) is 0 Å². The number of aromatic nitrogens is 2. The molecule has 0 unspecified atom stereocenters. The fourth-order valence-electron chi connectivity index (χ4n) is 2.17. The van der Waals surface area contributed by atoms with Crippen LogP contribution in [0.15, 0.2) is 30.3 Å². The Morgan fingerprint density at radius 1 is 1.04 bits per heavy atom. The second kappa shape index (κ2) is 8.23. The van der Waals surface area contributed by atoms with Gasteiger partial charge in [0.25, 0.3) is 5.91 Å². The molecule has 0 atom stereocenters. The molecule has 132 valence electrons. The number of carbonyl (C=O) groups is 2. The number of nitrogens with zero attached hydrogens (tertiary/aromatic N) is 3. The molecule has 2 rings (SSSR count). The van der Waals surface area contributed by atoms with Crippen molar-refractivity contribution in [1.82, 2.24) is 15.3 Å². The highest BCUT2D eigenvalue weighted by atomic mass is 16.1. The van der Waals surface area contributed by atoms with Crippen molar-refractivity contribution in [3.05, 3.63) is 47.2 Å². The molecule has 7 heteroatoms. The summed E-state index contributed by atoms with van der Waals surface area (Å²) >= 11 is 0. The van der Waals surface area contributed by atoms with Crippen LogP contribution in [0.4, 0.5) is 11.8 Å². The standard InChI is InChI=1S/C18H23N5O2/c1-12-11-16(23(3)4)22-18(21-12)20-10-9-19-17(25)15-7-5-14(6-8-15)13(2)24/h5-8,11H,9-10H2,1-4H3,(H,19,25)(H,20,21,22). The largest absolute Gasteiger partial charge is 0.363 e. The molecule has 0 radical (unpaired) electrons. The Labute approximate surface area is 147 Å². The van der Waals surface area contributed by atoms with Crippen LogP contribution < -0.4 is 15.5 Å². The van der Waals surface area contributed by atoms with E-state index in [1.54, 1.807) is 24.3 Å². The molecular weight excluding hydrogens is 318 g/mol. The smallest absolute Gasteiger partial charge is 0.251 e. The van der Waals surface area contributed by atoms with Gasteiger partial charge in [0.1, 0.15) is 5.82 Å². The van der Waals surface area contributed by atoms with Crippen molar-refractivity contribution in [2.45, 2.75) is 13.8 Å². The molecule has 7 nitrogen and oxygen atoms in total. The van der Waals surface area contributed by atoms with E-state index in [9.17, 15) is 9.59 Å². The molecule has 1 aromatic heterocycles. The van der Waals surface area contributed by atoms with Gasteiger partial charge in [-0.15, -0.1) is 0 Å². The summed E-state index contributed by atoms with van der Waals surface area (Å²) in [4.78, 5) is 33.9. The fourth-order valence-corrected chi connectivity index (χ4v) is 2.17. The molecule has 25 heavy (non-hydrogen) atoms. The van der Waals surface area contributed by atoms with E-state index in [0.29, 0.717) is 30.2 Å². The van der Waals surface area contributed by atoms with E-state index in [-0.39, 0.29) is 11.7 Å². The van der Waals surface area contributed by atoms with Crippen molar-refractivity contribution in [1.29, 1.82) is 0 Å². The Bertz CT molecular complexity index is 757. The van der Waals surface area contributed by atoms with Crippen LogP contribution >= 0.6 is 0 Å². The summed E-state index contributed by atoms with van der Waals surface area (Å²) in [5, 5.41) is 5.92. The molecule has 0 saturated heterocycles. The first-order valence-corrected chi connectivity index (χ1v) is 8.03. The molecule has 0 spiro atoms. The number of hydrogen-bond acceptors (Lipinski definition) is 6. The summed E-state index contributed by atoms with van der Waals surface area (Å²) < 4.78 is 0. The lowest BCUT2D eigenvalue weighted by Gasteiger charge is -2.14. The quantitative estimate of drug-likeness (QED) is 0.591. The van der Waals surface area contributed by atoms with Gasteiger partial charge in [0, 0.05) is 50.1 Å². The third kappa shape index (κ3) is 5.27. The van der Waals surface area contributed by atoms with E-state index < -0.39 is 0 Å². The van der Waals surface area contributed by atoms with Crippen molar-refractivity contribution in [2.75, 3.05) is 37.4 Å². The van der Waals surface area contributed by atoms with E-state index in [1.807, 2.05) is 32.0 Å². The van der Waals surface area contributed by atoms with E-state index in [2.05, 4.69) is 20.6 Å². The molecule has 0 fully saturated rings. The van der Waals surface area contributed by atoms with Gasteiger partial charge in [-0.3, -0.25) is 9.59 Å². The van der Waals surface area contributed by atoms with Gasteiger partial charge in [0.15, 0.2) is 5.78 Å². The highest BCUT2D eigenvalue weighted by molar-refractivity contribution is 5.97. The third-order valence-electron chi connectivity index (χ3n) is 3.55. The van der Waals surface area contributed by atoms with Crippen LogP contribution in [-0.2, 0) is 0 Å². The highest BCUT2D eigenvalue weighted by Crippen LogP contribution is 2.11. The van der Waals surface area contributed by atoms with Crippen molar-refractivity contribution < 1.29 is 9.59 Å². The van der Waals surface area contributed by atoms with E-state index >= 15 is 0 Å². The molecule has 0 bridgehead atoms. The minimum Gasteiger partial charge on any atom is -0.363 e. The van der Waals surface area contributed by atoms with Gasteiger partial charge >= 0.3 is 0 Å². The number of carbonyl (C=O) groups excluding carboxylic acids is 2. The number of hydrogen-bond donors (Lipinski definition) is 2. The first kappa shape index (κ1) is 18.4. The Balaban J connectivity index is 1.84. The Morgan fingerprint density at radius 3 is 2.28 bits per heavy atom. The maximum absolute atomic E-state index is 12.1. The van der Waals surface area contributed by atoms with E-state index in [1.165, 1.54) is 6.92 Å². The first-order valence-electron chi connectivity index (χ1n) is 8.03. The van der Waals surface area contributed by atoms with Gasteiger partial charge in [-0.1, -0.05) is 12.1 Å². The highest BCUT2D eigenvalue weighted by Gasteiger charge is 2.07. The number of rotatable bonds is 7. The summed E-state index contributed by atoms with van der Waals surface area (Å²) in [6.07, 6.45) is 0. The fraction of sp³-hybridized carbons (Fsp3) is 0.333. The minimum atomic E-state index is -0.184. The molecule has 0 aliphatic heterocycles. The number of Topliss-reactive ketones (excluding diaryl/α,β-unsaturated/α-hetero) is 1. The number of amides is 1. The summed E-state index contributed by atoms with van der Waals surface area (Å²) in [6.45, 7) is 4.34. The van der Waals surface area contributed by atoms with Crippen molar-refractivity contribution >= 4 is 23.5 Å². The molecule has 2 N–H and O–H groups in total. The maximum Gasteiger partial charge on any atom is 0.251 e. The third-order valence-corrected chi connectivity index (χ3v) is 3.55. The Kier molecular flexibility index (Phi) is 6.05. The summed E-state index contributed by atoms with van der Waals surface area (Å²) in [5.74, 6) is 1.15. The normalized spacial score (nSPS) is 10.2. The lowest BCUT2D eigenvalue weighted by atomic mass is 10.1. The Hall–Kier alpha value is -2.96. The number of benzene rings is 1. The average molecular weight is 341 g/mol. The Morgan fingerprint density at radius 2 is 1.68 bits per heavy atom. The monoisotopic (exact) mass is 341 g/mol. The lowest BCUT2D eigenvalue weighted by molar-refractivity contribution is 0.0953. The zero-order chi connectivity index (χ0) is 18.4. The molecule has 2 aromatic rings. The predicted octanol–water partition coefficient (Wildman–Crippen LogP) is 1.90. The maximum atomic E-state index is 12.1. The van der Waals surface area contributed by atoms with Crippen molar-refractivity contribution in [2.24, 2.45) is 0 Å². The van der Waals surface area contributed by atoms with Crippen LogP contribution in [0.5, 0.6) is 0 Å². The van der Waals surface area contributed by atoms with Crippen LogP contribution in [0.3, 0.4) is 0 Å². The number of aryl methyl sites for hydroxylation is 1. The second-order valence-electron chi connectivity index (χ2n) is 5.90. The zero-order valence-corrected chi connectivity index (χ0v) is 15.0. The van der Waals surface area contributed by atoms with Crippen molar-refractivity contribution in [3.63, 3.8) is 0 Å². The number of ketones is 1. The predicted molar refractivity (Wildman–Crippen MR) is 98.4 cm³/mol. The molecular formula is C18H23N5O2. The van der Waals surface area contributed by atoms with Crippen LogP contribution in [0.1, 0.15) is 33.3 Å². The minimum absolute atomic E-state index is 0.0218. The average Bonchev–Trinajstić information content (AvgIpc) is 2.58. The van der Waals surface area contributed by atoms with Crippen molar-refractivity contribution in [3.8, 4) is 0 Å². The topological polar surface area (TPSA) is 87.2 Å². The van der Waals surface area contributed by atoms with Gasteiger partial charge in [-0.2, -0.15) is 4.98 Å². The summed E-state index contributed by atoms with van der Waals surface area (Å²) in [7, 11) is 3.84. The van der Waals surface area contributed by atoms with Crippen LogP contribution in [0.25, 0.3) is 0 Å². The second-order valence-corrected chi connectivity index (χ2v) is 5.90. The number of nitrogens with one attached hydrogen (secondary N) is 2. The van der Waals surface area contributed by atoms with Gasteiger partial charge in [-0.05, 0) is 26.0 Å². The van der Waals surface area contributed by atoms with Gasteiger partial charge in [-0.25, -0.2) is 4.98 Å². The molecule has 0 aliphatic rings. The molecule has 1 amide bonds.